The maximum Gasteiger partial charge on any atom is 0.394 e. The second-order valence-electron chi connectivity index (χ2n) is 8.41. The van der Waals surface area contributed by atoms with Crippen molar-refractivity contribution in [3.05, 3.63) is 63.6 Å². The minimum Gasteiger partial charge on any atom is -0.494 e. The van der Waals surface area contributed by atoms with Crippen molar-refractivity contribution >= 4 is 35.1 Å². The van der Waals surface area contributed by atoms with Gasteiger partial charge in [-0.1, -0.05) is 87.4 Å². The zero-order valence-electron chi connectivity index (χ0n) is 20.1. The Balaban J connectivity index is 2.02. The molecule has 1 N–H and O–H groups in total. The van der Waals surface area contributed by atoms with Crippen LogP contribution >= 0.6 is 23.2 Å². The Morgan fingerprint density at radius 1 is 0.941 bits per heavy atom. The Bertz CT molecular complexity index is 917. The van der Waals surface area contributed by atoms with Gasteiger partial charge in [0, 0.05) is 6.54 Å². The highest BCUT2D eigenvalue weighted by molar-refractivity contribution is 6.42. The van der Waals surface area contributed by atoms with Crippen molar-refractivity contribution in [2.75, 3.05) is 13.2 Å². The molecule has 7 heteroatoms. The van der Waals surface area contributed by atoms with Crippen molar-refractivity contribution in [2.45, 2.75) is 71.3 Å². The van der Waals surface area contributed by atoms with Crippen LogP contribution in [0.2, 0.25) is 10.0 Å². The lowest BCUT2D eigenvalue weighted by Gasteiger charge is -2.30. The number of ether oxygens (including phenoxy) is 1. The maximum atomic E-state index is 12.5. The lowest BCUT2D eigenvalue weighted by molar-refractivity contribution is -0.157. The molecule has 1 atom stereocenters. The van der Waals surface area contributed by atoms with E-state index in [9.17, 15) is 14.7 Å². The van der Waals surface area contributed by atoms with Gasteiger partial charge in [-0.05, 0) is 54.7 Å². The predicted molar refractivity (Wildman–Crippen MR) is 138 cm³/mol. The average molecular weight is 508 g/mol. The number of carbonyl (C=O) groups excluding carboxylic acids is 1. The lowest BCUT2D eigenvalue weighted by atomic mass is 10.0. The van der Waals surface area contributed by atoms with Gasteiger partial charge in [-0.3, -0.25) is 4.79 Å². The number of nitrogens with zero attached hydrogens (tertiary/aromatic N) is 1. The maximum absolute atomic E-state index is 12.5. The van der Waals surface area contributed by atoms with Crippen LogP contribution in [-0.2, 0) is 16.0 Å². The summed E-state index contributed by atoms with van der Waals surface area (Å²) in [7, 11) is 0. The van der Waals surface area contributed by atoms with Gasteiger partial charge in [-0.2, -0.15) is 0 Å². The van der Waals surface area contributed by atoms with E-state index in [4.69, 9.17) is 27.9 Å². The van der Waals surface area contributed by atoms with Gasteiger partial charge in [0.1, 0.15) is 5.75 Å². The smallest absolute Gasteiger partial charge is 0.394 e. The number of carboxylic acid groups (broad SMARTS) is 1. The molecule has 1 amide bonds. The standard InChI is InChI=1S/C27H35Cl2NO4/c1-3-5-6-7-8-9-18-34-22-13-11-21(12-14-22)25(4-2)30(26(31)27(32)33)17-16-20-10-15-23(28)24(29)19-20/h10-15,19,25H,3-9,16-18H2,1-2H3,(H,32,33). The van der Waals surface area contributed by atoms with Gasteiger partial charge < -0.3 is 14.7 Å². The summed E-state index contributed by atoms with van der Waals surface area (Å²) in [5, 5.41) is 10.3. The molecule has 0 aliphatic heterocycles. The van der Waals surface area contributed by atoms with Crippen molar-refractivity contribution in [3.8, 4) is 5.75 Å². The van der Waals surface area contributed by atoms with Crippen molar-refractivity contribution in [3.63, 3.8) is 0 Å². The number of amides is 1. The van der Waals surface area contributed by atoms with Crippen molar-refractivity contribution in [2.24, 2.45) is 0 Å². The highest BCUT2D eigenvalue weighted by atomic mass is 35.5. The molecule has 0 aliphatic carbocycles. The normalized spacial score (nSPS) is 11.8. The minimum atomic E-state index is -1.47. The molecule has 0 saturated carbocycles. The molecule has 2 aromatic rings. The summed E-state index contributed by atoms with van der Waals surface area (Å²) in [6, 6.07) is 12.5. The van der Waals surface area contributed by atoms with Gasteiger partial charge in [0.25, 0.3) is 0 Å². The Labute approximate surface area is 213 Å². The largest absolute Gasteiger partial charge is 0.494 e. The monoisotopic (exact) mass is 507 g/mol. The number of rotatable bonds is 14. The molecular weight excluding hydrogens is 473 g/mol. The predicted octanol–water partition coefficient (Wildman–Crippen LogP) is 7.34. The van der Waals surface area contributed by atoms with Gasteiger partial charge >= 0.3 is 11.9 Å². The van der Waals surface area contributed by atoms with Crippen molar-refractivity contribution in [1.82, 2.24) is 4.90 Å². The molecule has 2 aromatic carbocycles. The summed E-state index contributed by atoms with van der Waals surface area (Å²) in [6.45, 7) is 5.07. The van der Waals surface area contributed by atoms with Crippen LogP contribution in [0.15, 0.2) is 42.5 Å². The number of aliphatic carboxylic acids is 1. The van der Waals surface area contributed by atoms with E-state index in [1.165, 1.54) is 37.0 Å². The molecule has 0 fully saturated rings. The Morgan fingerprint density at radius 2 is 1.62 bits per heavy atom. The molecule has 1 unspecified atom stereocenters. The van der Waals surface area contributed by atoms with E-state index >= 15 is 0 Å². The highest BCUT2D eigenvalue weighted by Crippen LogP contribution is 2.28. The van der Waals surface area contributed by atoms with Crippen LogP contribution in [0.4, 0.5) is 0 Å². The highest BCUT2D eigenvalue weighted by Gasteiger charge is 2.28. The number of carboxylic acids is 1. The summed E-state index contributed by atoms with van der Waals surface area (Å²) in [6.07, 6.45) is 8.29. The second-order valence-corrected chi connectivity index (χ2v) is 9.23. The Morgan fingerprint density at radius 3 is 2.24 bits per heavy atom. The molecule has 0 aromatic heterocycles. The molecule has 34 heavy (non-hydrogen) atoms. The van der Waals surface area contributed by atoms with Crippen LogP contribution in [0.25, 0.3) is 0 Å². The van der Waals surface area contributed by atoms with Crippen molar-refractivity contribution < 1.29 is 19.4 Å². The first-order chi connectivity index (χ1) is 16.4. The van der Waals surface area contributed by atoms with Crippen LogP contribution < -0.4 is 4.74 Å². The number of carbonyl (C=O) groups is 2. The average Bonchev–Trinajstić information content (AvgIpc) is 2.83. The summed E-state index contributed by atoms with van der Waals surface area (Å²) in [4.78, 5) is 25.5. The fraction of sp³-hybridized carbons (Fsp3) is 0.481. The number of hydrogen-bond donors (Lipinski definition) is 1. The molecule has 5 nitrogen and oxygen atoms in total. The van der Waals surface area contributed by atoms with Gasteiger partial charge in [-0.25, -0.2) is 4.79 Å². The lowest BCUT2D eigenvalue weighted by Crippen LogP contribution is -2.40. The quantitative estimate of drug-likeness (QED) is 0.214. The molecule has 186 valence electrons. The van der Waals surface area contributed by atoms with Crippen LogP contribution in [0.3, 0.4) is 0 Å². The Hall–Kier alpha value is -2.24. The van der Waals surface area contributed by atoms with Crippen LogP contribution in [-0.4, -0.2) is 35.0 Å². The summed E-state index contributed by atoms with van der Waals surface area (Å²) < 4.78 is 5.86. The Kier molecular flexibility index (Phi) is 12.3. The SMILES string of the molecule is CCCCCCCCOc1ccc(C(CC)N(CCc2ccc(Cl)c(Cl)c2)C(=O)C(=O)O)cc1. The summed E-state index contributed by atoms with van der Waals surface area (Å²) in [5.41, 5.74) is 1.75. The van der Waals surface area contributed by atoms with Gasteiger partial charge in [0.05, 0.1) is 22.7 Å². The molecule has 0 saturated heterocycles. The molecule has 0 heterocycles. The van der Waals surface area contributed by atoms with E-state index in [2.05, 4.69) is 6.92 Å². The summed E-state index contributed by atoms with van der Waals surface area (Å²) in [5.74, 6) is -1.61. The van der Waals surface area contributed by atoms with E-state index in [0.717, 1.165) is 23.3 Å². The number of hydrogen-bond acceptors (Lipinski definition) is 3. The first-order valence-corrected chi connectivity index (χ1v) is 12.8. The molecule has 0 spiro atoms. The van der Waals surface area contributed by atoms with Crippen LogP contribution in [0.5, 0.6) is 5.75 Å². The number of benzene rings is 2. The first kappa shape index (κ1) is 28.0. The third-order valence-corrected chi connectivity index (χ3v) is 6.60. The zero-order valence-corrected chi connectivity index (χ0v) is 21.6. The van der Waals surface area contributed by atoms with E-state index in [0.29, 0.717) is 29.5 Å². The molecule has 0 radical (unpaired) electrons. The number of halogens is 2. The second kappa shape index (κ2) is 14.9. The molecule has 0 bridgehead atoms. The van der Waals surface area contributed by atoms with Crippen LogP contribution in [0, 0.1) is 0 Å². The van der Waals surface area contributed by atoms with E-state index in [1.54, 1.807) is 12.1 Å². The number of unbranched alkanes of at least 4 members (excludes halogenated alkanes) is 5. The van der Waals surface area contributed by atoms with Gasteiger partial charge in [0.15, 0.2) is 0 Å². The third kappa shape index (κ3) is 8.84. The fourth-order valence-corrected chi connectivity index (χ4v) is 4.28. The fourth-order valence-electron chi connectivity index (χ4n) is 3.96. The topological polar surface area (TPSA) is 66.8 Å². The zero-order chi connectivity index (χ0) is 24.9. The molecular formula is C27H35Cl2NO4. The van der Waals surface area contributed by atoms with Crippen LogP contribution in [0.1, 0.15) is 76.0 Å². The summed E-state index contributed by atoms with van der Waals surface area (Å²) >= 11 is 12.1. The first-order valence-electron chi connectivity index (χ1n) is 12.1. The van der Waals surface area contributed by atoms with Gasteiger partial charge in [0.2, 0.25) is 0 Å². The van der Waals surface area contributed by atoms with Crippen molar-refractivity contribution in [1.29, 1.82) is 0 Å². The van der Waals surface area contributed by atoms with E-state index in [-0.39, 0.29) is 12.6 Å². The third-order valence-electron chi connectivity index (χ3n) is 5.86. The van der Waals surface area contributed by atoms with E-state index < -0.39 is 11.9 Å². The molecule has 0 aliphatic rings. The van der Waals surface area contributed by atoms with Gasteiger partial charge in [-0.15, -0.1) is 0 Å². The molecule has 2 rings (SSSR count). The minimum absolute atomic E-state index is 0.248. The van der Waals surface area contributed by atoms with E-state index in [1.807, 2.05) is 37.3 Å².